The molecule has 3 aromatic heterocycles. The van der Waals surface area contributed by atoms with Gasteiger partial charge < -0.3 is 18.7 Å². The molecule has 0 bridgehead atoms. The maximum atomic E-state index is 12.0. The van der Waals surface area contributed by atoms with Crippen molar-refractivity contribution in [2.75, 3.05) is 19.6 Å². The number of carbonyl (C=O) groups is 1. The Bertz CT molecular complexity index is 1110. The van der Waals surface area contributed by atoms with Gasteiger partial charge in [0.15, 0.2) is 5.76 Å². The van der Waals surface area contributed by atoms with Gasteiger partial charge in [0.1, 0.15) is 23.0 Å². The standard InChI is InChI=1S/C22H23N5O3/c28-22(19-6-3-13-29-19)23-9-7-20-24-25-21-8-10-26(11-12-27(20)21)15-17-14-16-4-1-2-5-18(16)30-17/h1-6,13-14H,7-12,15H2,(H,23,28). The van der Waals surface area contributed by atoms with Gasteiger partial charge in [-0.05, 0) is 24.3 Å². The number of furan rings is 2. The van der Waals surface area contributed by atoms with Crippen molar-refractivity contribution in [1.29, 1.82) is 0 Å². The molecule has 8 nitrogen and oxygen atoms in total. The Hall–Kier alpha value is -3.39. The average molecular weight is 405 g/mol. The van der Waals surface area contributed by atoms with Crippen LogP contribution in [0.5, 0.6) is 0 Å². The summed E-state index contributed by atoms with van der Waals surface area (Å²) in [4.78, 5) is 14.4. The molecule has 0 fully saturated rings. The normalized spacial score (nSPS) is 14.5. The molecule has 0 aliphatic carbocycles. The number of hydrogen-bond acceptors (Lipinski definition) is 6. The van der Waals surface area contributed by atoms with Gasteiger partial charge in [-0.15, -0.1) is 10.2 Å². The van der Waals surface area contributed by atoms with Crippen molar-refractivity contribution >= 4 is 16.9 Å². The van der Waals surface area contributed by atoms with Gasteiger partial charge in [-0.3, -0.25) is 9.69 Å². The van der Waals surface area contributed by atoms with Crippen molar-refractivity contribution in [1.82, 2.24) is 25.0 Å². The van der Waals surface area contributed by atoms with E-state index in [0.29, 0.717) is 18.7 Å². The second-order valence-corrected chi connectivity index (χ2v) is 7.44. The lowest BCUT2D eigenvalue weighted by Crippen LogP contribution is -2.27. The number of hydrogen-bond donors (Lipinski definition) is 1. The first-order valence-electron chi connectivity index (χ1n) is 10.2. The third-order valence-corrected chi connectivity index (χ3v) is 5.43. The Morgan fingerprint density at radius 2 is 2.03 bits per heavy atom. The molecule has 0 spiro atoms. The Labute approximate surface area is 173 Å². The number of aromatic nitrogens is 3. The highest BCUT2D eigenvalue weighted by Crippen LogP contribution is 2.21. The fourth-order valence-corrected chi connectivity index (χ4v) is 3.89. The van der Waals surface area contributed by atoms with Gasteiger partial charge in [0.05, 0.1) is 12.8 Å². The molecule has 1 amide bonds. The van der Waals surface area contributed by atoms with Crippen LogP contribution in [0.2, 0.25) is 0 Å². The van der Waals surface area contributed by atoms with Crippen molar-refractivity contribution in [3.63, 3.8) is 0 Å². The minimum Gasteiger partial charge on any atom is -0.460 e. The summed E-state index contributed by atoms with van der Waals surface area (Å²) in [5, 5.41) is 12.7. The summed E-state index contributed by atoms with van der Waals surface area (Å²) < 4.78 is 13.3. The van der Waals surface area contributed by atoms with Crippen LogP contribution in [0.15, 0.2) is 57.6 Å². The van der Waals surface area contributed by atoms with Gasteiger partial charge in [-0.1, -0.05) is 18.2 Å². The molecule has 1 aliphatic heterocycles. The Balaban J connectivity index is 1.18. The summed E-state index contributed by atoms with van der Waals surface area (Å²) in [6.45, 7) is 3.89. The van der Waals surface area contributed by atoms with Crippen LogP contribution in [-0.4, -0.2) is 45.2 Å². The summed E-state index contributed by atoms with van der Waals surface area (Å²) in [6, 6.07) is 13.6. The number of rotatable bonds is 6. The topological polar surface area (TPSA) is 89.3 Å². The summed E-state index contributed by atoms with van der Waals surface area (Å²) in [5.41, 5.74) is 0.929. The maximum absolute atomic E-state index is 12.0. The van der Waals surface area contributed by atoms with E-state index in [1.807, 2.05) is 18.2 Å². The highest BCUT2D eigenvalue weighted by molar-refractivity contribution is 5.91. The Kier molecular flexibility index (Phi) is 5.06. The first-order chi connectivity index (χ1) is 14.8. The molecular formula is C22H23N5O3. The van der Waals surface area contributed by atoms with Crippen LogP contribution in [0.25, 0.3) is 11.0 Å². The molecule has 0 saturated heterocycles. The summed E-state index contributed by atoms with van der Waals surface area (Å²) in [7, 11) is 0. The van der Waals surface area contributed by atoms with Crippen molar-refractivity contribution < 1.29 is 13.6 Å². The maximum Gasteiger partial charge on any atom is 0.286 e. The fourth-order valence-electron chi connectivity index (χ4n) is 3.89. The van der Waals surface area contributed by atoms with Crippen LogP contribution in [0, 0.1) is 0 Å². The second-order valence-electron chi connectivity index (χ2n) is 7.44. The Morgan fingerprint density at radius 1 is 1.10 bits per heavy atom. The first kappa shape index (κ1) is 18.6. The average Bonchev–Trinajstić information content (AvgIpc) is 3.47. The van der Waals surface area contributed by atoms with E-state index in [1.54, 1.807) is 12.1 Å². The van der Waals surface area contributed by atoms with Gasteiger partial charge in [-0.25, -0.2) is 0 Å². The molecule has 0 atom stereocenters. The molecule has 0 unspecified atom stereocenters. The molecular weight excluding hydrogens is 382 g/mol. The van der Waals surface area contributed by atoms with E-state index in [4.69, 9.17) is 8.83 Å². The van der Waals surface area contributed by atoms with Crippen LogP contribution < -0.4 is 5.32 Å². The first-order valence-corrected chi connectivity index (χ1v) is 10.2. The smallest absolute Gasteiger partial charge is 0.286 e. The van der Waals surface area contributed by atoms with Crippen LogP contribution in [0.4, 0.5) is 0 Å². The van der Waals surface area contributed by atoms with E-state index < -0.39 is 0 Å². The quantitative estimate of drug-likeness (QED) is 0.531. The minimum atomic E-state index is -0.215. The highest BCUT2D eigenvalue weighted by atomic mass is 16.3. The molecule has 1 aliphatic rings. The lowest BCUT2D eigenvalue weighted by Gasteiger charge is -2.18. The van der Waals surface area contributed by atoms with E-state index in [-0.39, 0.29) is 5.91 Å². The summed E-state index contributed by atoms with van der Waals surface area (Å²) >= 11 is 0. The van der Waals surface area contributed by atoms with E-state index in [1.165, 1.54) is 6.26 Å². The monoisotopic (exact) mass is 405 g/mol. The predicted octanol–water partition coefficient (Wildman–Crippen LogP) is 2.65. The highest BCUT2D eigenvalue weighted by Gasteiger charge is 2.20. The number of fused-ring (bicyclic) bond motifs is 2. The summed E-state index contributed by atoms with van der Waals surface area (Å²) in [5.74, 6) is 2.98. The van der Waals surface area contributed by atoms with Gasteiger partial charge in [0.2, 0.25) is 0 Å². The lowest BCUT2D eigenvalue weighted by atomic mass is 10.2. The number of amides is 1. The third kappa shape index (κ3) is 3.86. The van der Waals surface area contributed by atoms with E-state index >= 15 is 0 Å². The van der Waals surface area contributed by atoms with E-state index in [2.05, 4.69) is 37.1 Å². The Morgan fingerprint density at radius 3 is 2.90 bits per heavy atom. The van der Waals surface area contributed by atoms with Crippen LogP contribution in [0.3, 0.4) is 0 Å². The molecule has 8 heteroatoms. The molecule has 0 saturated carbocycles. The fraction of sp³-hybridized carbons (Fsp3) is 0.318. The zero-order valence-corrected chi connectivity index (χ0v) is 16.6. The third-order valence-electron chi connectivity index (χ3n) is 5.43. The number of nitrogens with zero attached hydrogens (tertiary/aromatic N) is 4. The van der Waals surface area contributed by atoms with Crippen LogP contribution in [-0.2, 0) is 25.9 Å². The van der Waals surface area contributed by atoms with Crippen LogP contribution in [0.1, 0.15) is 28.0 Å². The zero-order chi connectivity index (χ0) is 20.3. The van der Waals surface area contributed by atoms with Crippen molar-refractivity contribution in [2.24, 2.45) is 0 Å². The predicted molar refractivity (Wildman–Crippen MR) is 110 cm³/mol. The number of carbonyl (C=O) groups excluding carboxylic acids is 1. The van der Waals surface area contributed by atoms with Crippen LogP contribution >= 0.6 is 0 Å². The van der Waals surface area contributed by atoms with E-state index in [0.717, 1.165) is 61.0 Å². The molecule has 0 radical (unpaired) electrons. The molecule has 30 heavy (non-hydrogen) atoms. The zero-order valence-electron chi connectivity index (χ0n) is 16.6. The van der Waals surface area contributed by atoms with Crippen molar-refractivity contribution in [2.45, 2.75) is 25.9 Å². The molecule has 1 aromatic carbocycles. The lowest BCUT2D eigenvalue weighted by molar-refractivity contribution is 0.0926. The summed E-state index contributed by atoms with van der Waals surface area (Å²) in [6.07, 6.45) is 2.96. The SMILES string of the molecule is O=C(NCCc1nnc2n1CCN(Cc1cc3ccccc3o1)CC2)c1ccco1. The molecule has 4 aromatic rings. The van der Waals surface area contributed by atoms with Gasteiger partial charge in [-0.2, -0.15) is 0 Å². The molecule has 1 N–H and O–H groups in total. The molecule has 5 rings (SSSR count). The number of benzene rings is 1. The second kappa shape index (κ2) is 8.16. The molecule has 4 heterocycles. The number of nitrogens with one attached hydrogen (secondary N) is 1. The van der Waals surface area contributed by atoms with Gasteiger partial charge >= 0.3 is 0 Å². The largest absolute Gasteiger partial charge is 0.460 e. The minimum absolute atomic E-state index is 0.215. The van der Waals surface area contributed by atoms with Gasteiger partial charge in [0.25, 0.3) is 5.91 Å². The van der Waals surface area contributed by atoms with Crippen molar-refractivity contribution in [3.8, 4) is 0 Å². The number of para-hydroxylation sites is 1. The van der Waals surface area contributed by atoms with Crippen molar-refractivity contribution in [3.05, 3.63) is 71.9 Å². The van der Waals surface area contributed by atoms with Gasteiger partial charge in [0, 0.05) is 44.4 Å². The molecule has 154 valence electrons. The van der Waals surface area contributed by atoms with E-state index in [9.17, 15) is 4.79 Å².